The molecule has 0 N–H and O–H groups in total. The van der Waals surface area contributed by atoms with Gasteiger partial charge in [-0.2, -0.15) is 0 Å². The molecule has 0 bridgehead atoms. The van der Waals surface area contributed by atoms with Gasteiger partial charge in [0.15, 0.2) is 6.61 Å². The van der Waals surface area contributed by atoms with Gasteiger partial charge in [0.25, 0.3) is 0 Å². The molecule has 1 aromatic heterocycles. The van der Waals surface area contributed by atoms with Crippen LogP contribution in [0.15, 0.2) is 60.0 Å². The molecule has 4 nitrogen and oxygen atoms in total. The monoisotopic (exact) mass is 457 g/mol. The summed E-state index contributed by atoms with van der Waals surface area (Å²) in [5.41, 5.74) is 2.82. The molecule has 0 amide bonds. The molecule has 152 valence electrons. The largest absolute Gasteiger partial charge is 0.482 e. The van der Waals surface area contributed by atoms with Crippen LogP contribution in [0.4, 0.5) is 0 Å². The summed E-state index contributed by atoms with van der Waals surface area (Å²) in [6.07, 6.45) is 0.595. The number of hydrogen-bond donors (Lipinski definition) is 0. The van der Waals surface area contributed by atoms with Crippen LogP contribution in [0.2, 0.25) is 10.0 Å². The number of hydrogen-bond acceptors (Lipinski definition) is 5. The van der Waals surface area contributed by atoms with E-state index in [1.165, 1.54) is 7.11 Å². The Morgan fingerprint density at radius 1 is 1.03 bits per heavy atom. The van der Waals surface area contributed by atoms with E-state index < -0.39 is 5.97 Å². The second-order valence-electron chi connectivity index (χ2n) is 6.59. The summed E-state index contributed by atoms with van der Waals surface area (Å²) < 4.78 is 10.0. The summed E-state index contributed by atoms with van der Waals surface area (Å²) in [7, 11) is 1.33. The Hall–Kier alpha value is -2.60. The smallest absolute Gasteiger partial charge is 0.343 e. The Labute approximate surface area is 188 Å². The number of nitrogens with zero attached hydrogens (tertiary/aromatic N) is 1. The number of benzene rings is 3. The molecule has 0 atom stereocenters. The maximum atomic E-state index is 11.2. The van der Waals surface area contributed by atoms with Crippen LogP contribution in [0.3, 0.4) is 0 Å². The van der Waals surface area contributed by atoms with Crippen molar-refractivity contribution in [3.63, 3.8) is 0 Å². The fourth-order valence-electron chi connectivity index (χ4n) is 3.05. The Morgan fingerprint density at radius 2 is 1.77 bits per heavy atom. The lowest BCUT2D eigenvalue weighted by Crippen LogP contribution is -2.12. The predicted molar refractivity (Wildman–Crippen MR) is 122 cm³/mol. The van der Waals surface area contributed by atoms with Crippen molar-refractivity contribution in [2.45, 2.75) is 6.42 Å². The summed E-state index contributed by atoms with van der Waals surface area (Å²) in [4.78, 5) is 16.0. The third kappa shape index (κ3) is 4.59. The van der Waals surface area contributed by atoms with E-state index in [2.05, 4.69) is 10.8 Å². The maximum Gasteiger partial charge on any atom is 0.343 e. The highest BCUT2D eigenvalue weighted by Crippen LogP contribution is 2.31. The van der Waals surface area contributed by atoms with E-state index in [0.717, 1.165) is 32.6 Å². The molecular formula is C23H17Cl2NO3S. The van der Waals surface area contributed by atoms with Gasteiger partial charge in [-0.3, -0.25) is 0 Å². The molecule has 0 aliphatic heterocycles. The zero-order chi connectivity index (χ0) is 21.1. The van der Waals surface area contributed by atoms with E-state index in [1.807, 2.05) is 53.9 Å². The zero-order valence-corrected chi connectivity index (χ0v) is 18.4. The summed E-state index contributed by atoms with van der Waals surface area (Å²) in [5, 5.41) is 6.35. The van der Waals surface area contributed by atoms with E-state index in [0.29, 0.717) is 22.2 Å². The summed E-state index contributed by atoms with van der Waals surface area (Å²) in [6.45, 7) is -0.114. The van der Waals surface area contributed by atoms with E-state index in [-0.39, 0.29) is 6.61 Å². The molecule has 0 aliphatic carbocycles. The van der Waals surface area contributed by atoms with Gasteiger partial charge in [-0.05, 0) is 46.7 Å². The van der Waals surface area contributed by atoms with Crippen LogP contribution in [0.25, 0.3) is 22.0 Å². The Kier molecular flexibility index (Phi) is 6.23. The molecule has 0 saturated heterocycles. The van der Waals surface area contributed by atoms with Crippen LogP contribution in [-0.2, 0) is 16.0 Å². The van der Waals surface area contributed by atoms with Gasteiger partial charge in [-0.1, -0.05) is 47.5 Å². The van der Waals surface area contributed by atoms with Gasteiger partial charge in [0.05, 0.1) is 17.8 Å². The number of esters is 1. The molecular weight excluding hydrogens is 441 g/mol. The third-order valence-corrected chi connectivity index (χ3v) is 6.19. The molecule has 0 unspecified atom stereocenters. The number of aromatic nitrogens is 1. The second-order valence-corrected chi connectivity index (χ2v) is 8.35. The number of fused-ring (bicyclic) bond motifs is 1. The highest BCUT2D eigenvalue weighted by Gasteiger charge is 2.11. The summed E-state index contributed by atoms with van der Waals surface area (Å²) in [6, 6.07) is 17.3. The average molecular weight is 458 g/mol. The lowest BCUT2D eigenvalue weighted by molar-refractivity contribution is -0.142. The number of thiazole rings is 1. The molecule has 4 aromatic rings. The first-order valence-corrected chi connectivity index (χ1v) is 10.8. The van der Waals surface area contributed by atoms with Crippen molar-refractivity contribution in [3.05, 3.63) is 80.6 Å². The van der Waals surface area contributed by atoms with Crippen LogP contribution in [0.1, 0.15) is 10.6 Å². The molecule has 7 heteroatoms. The van der Waals surface area contributed by atoms with Gasteiger partial charge in [0.2, 0.25) is 0 Å². The number of halogens is 2. The first-order chi connectivity index (χ1) is 14.5. The first-order valence-electron chi connectivity index (χ1n) is 9.14. The topological polar surface area (TPSA) is 48.4 Å². The van der Waals surface area contributed by atoms with Crippen molar-refractivity contribution in [1.29, 1.82) is 0 Å². The number of carbonyl (C=O) groups is 1. The van der Waals surface area contributed by atoms with Crippen molar-refractivity contribution in [2.75, 3.05) is 13.7 Å². The van der Waals surface area contributed by atoms with Gasteiger partial charge in [0.1, 0.15) is 5.75 Å². The van der Waals surface area contributed by atoms with E-state index in [9.17, 15) is 4.79 Å². The van der Waals surface area contributed by atoms with Gasteiger partial charge in [0, 0.05) is 27.4 Å². The molecule has 0 aliphatic rings. The van der Waals surface area contributed by atoms with Gasteiger partial charge >= 0.3 is 5.97 Å². The molecule has 4 rings (SSSR count). The van der Waals surface area contributed by atoms with Crippen LogP contribution >= 0.6 is 34.5 Å². The SMILES string of the molecule is COC(=O)COc1ccc2cc(-c3csc(Cc4c(Cl)cccc4Cl)n3)ccc2c1. The molecule has 0 radical (unpaired) electrons. The second kappa shape index (κ2) is 9.04. The highest BCUT2D eigenvalue weighted by molar-refractivity contribution is 7.10. The molecule has 0 saturated carbocycles. The molecule has 3 aromatic carbocycles. The maximum absolute atomic E-state index is 11.2. The Balaban J connectivity index is 1.54. The predicted octanol–water partition coefficient (Wildman–Crippen LogP) is 6.41. The normalized spacial score (nSPS) is 10.9. The van der Waals surface area contributed by atoms with Gasteiger partial charge in [-0.15, -0.1) is 11.3 Å². The molecule has 0 spiro atoms. The lowest BCUT2D eigenvalue weighted by Gasteiger charge is -2.07. The number of methoxy groups -OCH3 is 1. The van der Waals surface area contributed by atoms with Crippen LogP contribution < -0.4 is 4.74 Å². The lowest BCUT2D eigenvalue weighted by atomic mass is 10.1. The van der Waals surface area contributed by atoms with Crippen molar-refractivity contribution in [3.8, 4) is 17.0 Å². The fraction of sp³-hybridized carbons (Fsp3) is 0.130. The van der Waals surface area contributed by atoms with E-state index in [1.54, 1.807) is 11.3 Å². The minimum atomic E-state index is -0.414. The van der Waals surface area contributed by atoms with Crippen molar-refractivity contribution < 1.29 is 14.3 Å². The van der Waals surface area contributed by atoms with Crippen molar-refractivity contribution >= 4 is 51.3 Å². The molecule has 30 heavy (non-hydrogen) atoms. The minimum absolute atomic E-state index is 0.114. The highest BCUT2D eigenvalue weighted by atomic mass is 35.5. The van der Waals surface area contributed by atoms with E-state index >= 15 is 0 Å². The number of rotatable bonds is 6. The quantitative estimate of drug-likeness (QED) is 0.313. The zero-order valence-electron chi connectivity index (χ0n) is 16.0. The molecule has 1 heterocycles. The number of ether oxygens (including phenoxy) is 2. The van der Waals surface area contributed by atoms with Crippen LogP contribution in [0, 0.1) is 0 Å². The minimum Gasteiger partial charge on any atom is -0.482 e. The number of carbonyl (C=O) groups excluding carboxylic acids is 1. The van der Waals surface area contributed by atoms with Crippen LogP contribution in [0.5, 0.6) is 5.75 Å². The van der Waals surface area contributed by atoms with Gasteiger partial charge in [-0.25, -0.2) is 9.78 Å². The Morgan fingerprint density at radius 3 is 2.53 bits per heavy atom. The van der Waals surface area contributed by atoms with Crippen LogP contribution in [-0.4, -0.2) is 24.7 Å². The van der Waals surface area contributed by atoms with Crippen molar-refractivity contribution in [2.24, 2.45) is 0 Å². The molecule has 0 fully saturated rings. The summed E-state index contributed by atoms with van der Waals surface area (Å²) >= 11 is 14.2. The first kappa shape index (κ1) is 20.7. The standard InChI is InChI=1S/C23H17Cl2NO3S/c1-28-23(27)12-29-17-8-7-14-9-16(6-5-15(14)10-17)21-13-30-22(26-21)11-18-19(24)3-2-4-20(18)25/h2-10,13H,11-12H2,1H3. The Bertz CT molecular complexity index is 1200. The fourth-order valence-corrected chi connectivity index (χ4v) is 4.40. The van der Waals surface area contributed by atoms with Crippen molar-refractivity contribution in [1.82, 2.24) is 4.98 Å². The average Bonchev–Trinajstić information content (AvgIpc) is 3.23. The van der Waals surface area contributed by atoms with E-state index in [4.69, 9.17) is 32.9 Å². The summed E-state index contributed by atoms with van der Waals surface area (Å²) in [5.74, 6) is 0.205. The third-order valence-electron chi connectivity index (χ3n) is 4.63. The van der Waals surface area contributed by atoms with Gasteiger partial charge < -0.3 is 9.47 Å².